The van der Waals surface area contributed by atoms with Crippen molar-refractivity contribution in [1.29, 1.82) is 0 Å². The molecule has 2 aliphatic heterocycles. The maximum Gasteiger partial charge on any atom is 0.244 e. The summed E-state index contributed by atoms with van der Waals surface area (Å²) in [6.07, 6.45) is 5.73. The molecule has 0 spiro atoms. The lowest BCUT2D eigenvalue weighted by Crippen LogP contribution is -2.41. The molecule has 2 aliphatic rings. The Labute approximate surface area is 108 Å². The number of hydrogen-bond acceptors (Lipinski definition) is 3. The Balaban J connectivity index is 1.83. The van der Waals surface area contributed by atoms with E-state index in [4.69, 9.17) is 0 Å². The predicted octanol–water partition coefficient (Wildman–Crippen LogP) is 0.398. The van der Waals surface area contributed by atoms with Gasteiger partial charge in [-0.3, -0.25) is 0 Å². The van der Waals surface area contributed by atoms with Crippen molar-refractivity contribution < 1.29 is 8.42 Å². The van der Waals surface area contributed by atoms with Gasteiger partial charge >= 0.3 is 0 Å². The van der Waals surface area contributed by atoms with E-state index in [9.17, 15) is 8.42 Å². The van der Waals surface area contributed by atoms with E-state index < -0.39 is 10.0 Å². The van der Waals surface area contributed by atoms with Crippen LogP contribution in [0.5, 0.6) is 0 Å². The van der Waals surface area contributed by atoms with Crippen LogP contribution in [0.25, 0.3) is 0 Å². The molecule has 18 heavy (non-hydrogen) atoms. The third-order valence-electron chi connectivity index (χ3n) is 4.01. The van der Waals surface area contributed by atoms with Crippen LogP contribution in [-0.2, 0) is 17.1 Å². The zero-order valence-corrected chi connectivity index (χ0v) is 11.4. The van der Waals surface area contributed by atoms with Crippen molar-refractivity contribution in [3.05, 3.63) is 18.5 Å². The summed E-state index contributed by atoms with van der Waals surface area (Å²) in [7, 11) is -1.47. The van der Waals surface area contributed by atoms with Gasteiger partial charge in [-0.1, -0.05) is 0 Å². The van der Waals surface area contributed by atoms with Gasteiger partial charge in [-0.05, 0) is 31.4 Å². The number of aryl methyl sites for hydroxylation is 1. The average Bonchev–Trinajstić information content (AvgIpc) is 2.94. The van der Waals surface area contributed by atoms with E-state index in [1.165, 1.54) is 0 Å². The highest BCUT2D eigenvalue weighted by atomic mass is 32.2. The molecular weight excluding hydrogens is 250 g/mol. The van der Waals surface area contributed by atoms with Gasteiger partial charge in [-0.25, -0.2) is 8.42 Å². The molecular formula is C12H19N3O2S. The van der Waals surface area contributed by atoms with Gasteiger partial charge < -0.3 is 9.88 Å². The lowest BCUT2D eigenvalue weighted by Gasteiger charge is -2.24. The zero-order chi connectivity index (χ0) is 12.8. The van der Waals surface area contributed by atoms with Crippen molar-refractivity contribution in [2.75, 3.05) is 19.6 Å². The molecule has 3 heterocycles. The molecule has 0 amide bonds. The fourth-order valence-corrected chi connectivity index (χ4v) is 4.56. The molecule has 0 aromatic carbocycles. The summed E-state index contributed by atoms with van der Waals surface area (Å²) in [6, 6.07) is 2.02. The number of nitrogens with zero attached hydrogens (tertiary/aromatic N) is 2. The Bertz CT molecular complexity index is 523. The van der Waals surface area contributed by atoms with E-state index in [0.29, 0.717) is 29.9 Å². The van der Waals surface area contributed by atoms with Crippen LogP contribution in [0.2, 0.25) is 0 Å². The predicted molar refractivity (Wildman–Crippen MR) is 68.7 cm³/mol. The molecule has 0 unspecified atom stereocenters. The van der Waals surface area contributed by atoms with Crippen LogP contribution >= 0.6 is 0 Å². The van der Waals surface area contributed by atoms with Crippen LogP contribution in [0.1, 0.15) is 12.8 Å². The Morgan fingerprint density at radius 3 is 2.89 bits per heavy atom. The van der Waals surface area contributed by atoms with Crippen molar-refractivity contribution in [3.8, 4) is 0 Å². The van der Waals surface area contributed by atoms with Crippen LogP contribution in [0.4, 0.5) is 0 Å². The minimum Gasteiger partial charge on any atom is -0.356 e. The highest BCUT2D eigenvalue weighted by molar-refractivity contribution is 7.89. The second kappa shape index (κ2) is 4.36. The molecule has 0 saturated carbocycles. The Morgan fingerprint density at radius 2 is 2.22 bits per heavy atom. The average molecular weight is 269 g/mol. The number of aromatic nitrogens is 1. The molecule has 0 radical (unpaired) electrons. The zero-order valence-electron chi connectivity index (χ0n) is 10.5. The first-order chi connectivity index (χ1) is 8.57. The lowest BCUT2D eigenvalue weighted by atomic mass is 9.94. The molecule has 5 nitrogen and oxygen atoms in total. The highest BCUT2D eigenvalue weighted by Crippen LogP contribution is 2.29. The maximum absolute atomic E-state index is 12.5. The van der Waals surface area contributed by atoms with Crippen molar-refractivity contribution >= 4 is 10.0 Å². The SMILES string of the molecule is Cn1ccc(S(=O)(=O)N2C[C@@H]3CCCN[C@@H]3C2)c1. The fraction of sp³-hybridized carbons (Fsp3) is 0.667. The normalized spacial score (nSPS) is 29.4. The molecule has 6 heteroatoms. The first kappa shape index (κ1) is 12.2. The van der Waals surface area contributed by atoms with Gasteiger partial charge in [0, 0.05) is 38.6 Å². The van der Waals surface area contributed by atoms with Crippen molar-refractivity contribution in [3.63, 3.8) is 0 Å². The second-order valence-corrected chi connectivity index (χ2v) is 7.24. The van der Waals surface area contributed by atoms with Gasteiger partial charge in [0.2, 0.25) is 10.0 Å². The van der Waals surface area contributed by atoms with Crippen LogP contribution < -0.4 is 5.32 Å². The molecule has 2 fully saturated rings. The summed E-state index contributed by atoms with van der Waals surface area (Å²) in [5, 5.41) is 3.43. The number of fused-ring (bicyclic) bond motifs is 1. The van der Waals surface area contributed by atoms with Crippen molar-refractivity contribution in [2.45, 2.75) is 23.8 Å². The Kier molecular flexibility index (Phi) is 2.96. The molecule has 3 rings (SSSR count). The quantitative estimate of drug-likeness (QED) is 0.845. The summed E-state index contributed by atoms with van der Waals surface area (Å²) in [6.45, 7) is 2.29. The Hall–Kier alpha value is -0.850. The molecule has 0 bridgehead atoms. The number of rotatable bonds is 2. The number of hydrogen-bond donors (Lipinski definition) is 1. The molecule has 1 aromatic heterocycles. The minimum atomic E-state index is -3.30. The van der Waals surface area contributed by atoms with E-state index >= 15 is 0 Å². The first-order valence-corrected chi connectivity index (χ1v) is 7.87. The standard InChI is InChI=1S/C12H19N3O2S/c1-14-6-4-11(8-14)18(16,17)15-7-10-3-2-5-13-12(10)9-15/h4,6,8,10,12-13H,2-3,5,7,9H2,1H3/t10-,12+/m0/s1. The van der Waals surface area contributed by atoms with E-state index in [1.807, 2.05) is 7.05 Å². The minimum absolute atomic E-state index is 0.345. The molecule has 2 saturated heterocycles. The van der Waals surface area contributed by atoms with Crippen LogP contribution in [0, 0.1) is 5.92 Å². The van der Waals surface area contributed by atoms with Gasteiger partial charge in [0.15, 0.2) is 0 Å². The van der Waals surface area contributed by atoms with E-state index in [1.54, 1.807) is 27.3 Å². The van der Waals surface area contributed by atoms with Gasteiger partial charge in [0.25, 0.3) is 0 Å². The van der Waals surface area contributed by atoms with Gasteiger partial charge in [0.1, 0.15) is 0 Å². The van der Waals surface area contributed by atoms with Crippen LogP contribution in [0.15, 0.2) is 23.4 Å². The highest BCUT2D eigenvalue weighted by Gasteiger charge is 2.40. The van der Waals surface area contributed by atoms with Gasteiger partial charge in [-0.15, -0.1) is 0 Å². The molecule has 2 atom stereocenters. The Morgan fingerprint density at radius 1 is 1.39 bits per heavy atom. The van der Waals surface area contributed by atoms with Gasteiger partial charge in [0.05, 0.1) is 4.90 Å². The van der Waals surface area contributed by atoms with E-state index in [0.717, 1.165) is 19.4 Å². The number of piperidine rings is 1. The monoisotopic (exact) mass is 269 g/mol. The third-order valence-corrected chi connectivity index (χ3v) is 5.82. The smallest absolute Gasteiger partial charge is 0.244 e. The molecule has 0 aliphatic carbocycles. The van der Waals surface area contributed by atoms with Crippen LogP contribution in [-0.4, -0.2) is 43.0 Å². The van der Waals surface area contributed by atoms with E-state index in [2.05, 4.69) is 5.32 Å². The fourth-order valence-electron chi connectivity index (χ4n) is 2.98. The summed E-state index contributed by atoms with van der Waals surface area (Å²) in [5.74, 6) is 0.484. The molecule has 1 aromatic rings. The summed E-state index contributed by atoms with van der Waals surface area (Å²) in [5.41, 5.74) is 0. The second-order valence-electron chi connectivity index (χ2n) is 5.30. The molecule has 100 valence electrons. The summed E-state index contributed by atoms with van der Waals surface area (Å²) in [4.78, 5) is 0.406. The van der Waals surface area contributed by atoms with Crippen LogP contribution in [0.3, 0.4) is 0 Å². The maximum atomic E-state index is 12.5. The van der Waals surface area contributed by atoms with Crippen molar-refractivity contribution in [2.24, 2.45) is 13.0 Å². The third kappa shape index (κ3) is 1.98. The summed E-state index contributed by atoms with van der Waals surface area (Å²) >= 11 is 0. The number of nitrogens with one attached hydrogen (secondary N) is 1. The van der Waals surface area contributed by atoms with E-state index in [-0.39, 0.29) is 0 Å². The lowest BCUT2D eigenvalue weighted by molar-refractivity contribution is 0.339. The first-order valence-electron chi connectivity index (χ1n) is 6.43. The van der Waals surface area contributed by atoms with Crippen molar-refractivity contribution in [1.82, 2.24) is 14.2 Å². The largest absolute Gasteiger partial charge is 0.356 e. The summed E-state index contributed by atoms with van der Waals surface area (Å²) < 4.78 is 28.4. The molecule has 1 N–H and O–H groups in total. The number of sulfonamides is 1. The van der Waals surface area contributed by atoms with Gasteiger partial charge in [-0.2, -0.15) is 4.31 Å². The topological polar surface area (TPSA) is 54.3 Å².